The average molecular weight is 358 g/mol. The molecule has 0 unspecified atom stereocenters. The smallest absolute Gasteiger partial charge is 0.325 e. The third-order valence-electron chi connectivity index (χ3n) is 4.36. The molecule has 1 aromatic carbocycles. The molecule has 26 heavy (non-hydrogen) atoms. The third-order valence-corrected chi connectivity index (χ3v) is 4.36. The number of ether oxygens (including phenoxy) is 1. The van der Waals surface area contributed by atoms with E-state index >= 15 is 0 Å². The number of nitrogens with one attached hydrogen (secondary N) is 1. The summed E-state index contributed by atoms with van der Waals surface area (Å²) in [6.45, 7) is 5.12. The van der Waals surface area contributed by atoms with Crippen molar-refractivity contribution in [1.29, 1.82) is 0 Å². The normalized spacial score (nSPS) is 17.3. The second-order valence-electron chi connectivity index (χ2n) is 5.91. The second-order valence-corrected chi connectivity index (χ2v) is 5.91. The van der Waals surface area contributed by atoms with Crippen molar-refractivity contribution in [3.63, 3.8) is 0 Å². The number of hydrogen-bond acceptors (Lipinski definition) is 5. The number of hydrogen-bond donors (Lipinski definition) is 1. The fraction of sp³-hybridized carbons (Fsp3) is 0.412. The molecule has 0 aliphatic carbocycles. The Morgan fingerprint density at radius 2 is 2.19 bits per heavy atom. The molecule has 2 heterocycles. The molecule has 3 amide bonds. The molecule has 0 spiro atoms. The molecule has 138 valence electrons. The molecule has 1 aliphatic heterocycles. The van der Waals surface area contributed by atoms with Crippen molar-refractivity contribution in [2.75, 3.05) is 30.4 Å². The Kier molecular flexibility index (Phi) is 5.06. The topological polar surface area (TPSA) is 92.6 Å². The van der Waals surface area contributed by atoms with Crippen molar-refractivity contribution in [2.45, 2.75) is 26.4 Å². The van der Waals surface area contributed by atoms with E-state index < -0.39 is 6.04 Å². The monoisotopic (exact) mass is 358 g/mol. The van der Waals surface area contributed by atoms with Crippen molar-refractivity contribution in [3.8, 4) is 5.75 Å². The Balaban J connectivity index is 1.69. The van der Waals surface area contributed by atoms with E-state index in [2.05, 4.69) is 15.4 Å². The molecule has 0 bridgehead atoms. The van der Waals surface area contributed by atoms with Gasteiger partial charge in [0.1, 0.15) is 18.1 Å². The molecule has 0 saturated carbocycles. The molecule has 2 aromatic rings. The van der Waals surface area contributed by atoms with Gasteiger partial charge < -0.3 is 14.5 Å². The maximum Gasteiger partial charge on any atom is 0.325 e. The fourth-order valence-electron chi connectivity index (χ4n) is 2.85. The lowest BCUT2D eigenvalue weighted by atomic mass is 10.1. The zero-order valence-electron chi connectivity index (χ0n) is 15.0. The first-order valence-corrected chi connectivity index (χ1v) is 8.46. The van der Waals surface area contributed by atoms with Crippen LogP contribution in [0.1, 0.15) is 13.8 Å². The number of piperazine rings is 1. The van der Waals surface area contributed by atoms with Gasteiger partial charge in [-0.05, 0) is 26.0 Å². The first kappa shape index (κ1) is 17.7. The predicted molar refractivity (Wildman–Crippen MR) is 96.2 cm³/mol. The maximum atomic E-state index is 12.8. The van der Waals surface area contributed by atoms with Crippen molar-refractivity contribution in [3.05, 3.63) is 30.6 Å². The van der Waals surface area contributed by atoms with Gasteiger partial charge in [0.15, 0.2) is 0 Å². The van der Waals surface area contributed by atoms with Crippen LogP contribution in [0.5, 0.6) is 5.75 Å². The van der Waals surface area contributed by atoms with Gasteiger partial charge in [-0.15, -0.1) is 5.10 Å². The van der Waals surface area contributed by atoms with E-state index in [0.29, 0.717) is 25.4 Å². The van der Waals surface area contributed by atoms with E-state index in [1.165, 1.54) is 4.90 Å². The Morgan fingerprint density at radius 3 is 2.88 bits per heavy atom. The van der Waals surface area contributed by atoms with Crippen LogP contribution in [0.25, 0.3) is 0 Å². The van der Waals surface area contributed by atoms with Gasteiger partial charge >= 0.3 is 6.03 Å². The van der Waals surface area contributed by atoms with Crippen LogP contribution >= 0.6 is 0 Å². The SMILES string of the molecule is CCn1cnc(NC(=O)N2CCN(c3cccc(OC)c3)C(=O)[C@H]2C)n1. The van der Waals surface area contributed by atoms with Crippen LogP contribution in [0.15, 0.2) is 30.6 Å². The highest BCUT2D eigenvalue weighted by Crippen LogP contribution is 2.24. The first-order valence-electron chi connectivity index (χ1n) is 8.46. The van der Waals surface area contributed by atoms with Gasteiger partial charge in [-0.1, -0.05) is 6.07 Å². The lowest BCUT2D eigenvalue weighted by Crippen LogP contribution is -2.58. The zero-order chi connectivity index (χ0) is 18.7. The molecule has 1 atom stereocenters. The van der Waals surface area contributed by atoms with Gasteiger partial charge in [0.25, 0.3) is 0 Å². The van der Waals surface area contributed by atoms with Gasteiger partial charge in [-0.25, -0.2) is 9.78 Å². The summed E-state index contributed by atoms with van der Waals surface area (Å²) < 4.78 is 6.83. The summed E-state index contributed by atoms with van der Waals surface area (Å²) in [7, 11) is 1.58. The van der Waals surface area contributed by atoms with Crippen LogP contribution in [-0.2, 0) is 11.3 Å². The molecule has 1 fully saturated rings. The lowest BCUT2D eigenvalue weighted by molar-refractivity contribution is -0.123. The van der Waals surface area contributed by atoms with Crippen molar-refractivity contribution in [1.82, 2.24) is 19.7 Å². The van der Waals surface area contributed by atoms with Crippen molar-refractivity contribution < 1.29 is 14.3 Å². The minimum atomic E-state index is -0.594. The number of amides is 3. The van der Waals surface area contributed by atoms with E-state index in [1.807, 2.05) is 31.2 Å². The van der Waals surface area contributed by atoms with Gasteiger partial charge in [-0.2, -0.15) is 0 Å². The summed E-state index contributed by atoms with van der Waals surface area (Å²) in [5, 5.41) is 6.77. The lowest BCUT2D eigenvalue weighted by Gasteiger charge is -2.38. The van der Waals surface area contributed by atoms with E-state index in [0.717, 1.165) is 5.69 Å². The zero-order valence-corrected chi connectivity index (χ0v) is 15.0. The van der Waals surface area contributed by atoms with Crippen LogP contribution in [0.4, 0.5) is 16.4 Å². The number of carbonyl (C=O) groups is 2. The standard InChI is InChI=1S/C17H22N6O3/c1-4-21-11-18-16(20-21)19-17(25)22-8-9-23(15(24)12(22)2)13-6-5-7-14(10-13)26-3/h5-7,10-12H,4,8-9H2,1-3H3,(H,19,20,25)/t12-/m1/s1. The number of aryl methyl sites for hydroxylation is 1. The molecular formula is C17H22N6O3. The second kappa shape index (κ2) is 7.42. The quantitative estimate of drug-likeness (QED) is 0.896. The van der Waals surface area contributed by atoms with Gasteiger partial charge in [-0.3, -0.25) is 14.8 Å². The van der Waals surface area contributed by atoms with Crippen LogP contribution in [0.2, 0.25) is 0 Å². The van der Waals surface area contributed by atoms with Crippen LogP contribution in [0.3, 0.4) is 0 Å². The van der Waals surface area contributed by atoms with Gasteiger partial charge in [0, 0.05) is 31.4 Å². The molecule has 1 aliphatic rings. The number of nitrogens with zero attached hydrogens (tertiary/aromatic N) is 5. The van der Waals surface area contributed by atoms with Crippen LogP contribution in [-0.4, -0.2) is 57.8 Å². The van der Waals surface area contributed by atoms with E-state index in [-0.39, 0.29) is 17.9 Å². The van der Waals surface area contributed by atoms with E-state index in [4.69, 9.17) is 4.74 Å². The summed E-state index contributed by atoms with van der Waals surface area (Å²) in [5.74, 6) is 0.763. The van der Waals surface area contributed by atoms with E-state index in [1.54, 1.807) is 29.9 Å². The number of benzene rings is 1. The number of carbonyl (C=O) groups excluding carboxylic acids is 2. The summed E-state index contributed by atoms with van der Waals surface area (Å²) in [6, 6.07) is 6.34. The Bertz CT molecular complexity index is 805. The minimum Gasteiger partial charge on any atom is -0.497 e. The highest BCUT2D eigenvalue weighted by molar-refractivity contribution is 6.01. The Morgan fingerprint density at radius 1 is 1.38 bits per heavy atom. The number of urea groups is 1. The van der Waals surface area contributed by atoms with Crippen LogP contribution in [0, 0.1) is 0 Å². The van der Waals surface area contributed by atoms with Crippen molar-refractivity contribution in [2.24, 2.45) is 0 Å². The highest BCUT2D eigenvalue weighted by Gasteiger charge is 2.35. The largest absolute Gasteiger partial charge is 0.497 e. The molecular weight excluding hydrogens is 336 g/mol. The summed E-state index contributed by atoms with van der Waals surface area (Å²) in [5.41, 5.74) is 0.754. The molecule has 1 aromatic heterocycles. The molecule has 1 N–H and O–H groups in total. The Hall–Kier alpha value is -3.10. The molecule has 9 heteroatoms. The third kappa shape index (κ3) is 3.46. The minimum absolute atomic E-state index is 0.147. The number of rotatable bonds is 4. The van der Waals surface area contributed by atoms with Crippen molar-refractivity contribution >= 4 is 23.6 Å². The molecule has 0 radical (unpaired) electrons. The summed E-state index contributed by atoms with van der Waals surface area (Å²) in [4.78, 5) is 32.5. The van der Waals surface area contributed by atoms with Gasteiger partial charge in [0.05, 0.1) is 7.11 Å². The molecule has 9 nitrogen and oxygen atoms in total. The van der Waals surface area contributed by atoms with Gasteiger partial charge in [0.2, 0.25) is 11.9 Å². The highest BCUT2D eigenvalue weighted by atomic mass is 16.5. The number of methoxy groups -OCH3 is 1. The first-order chi connectivity index (χ1) is 12.5. The molecule has 1 saturated heterocycles. The summed E-state index contributed by atoms with van der Waals surface area (Å²) in [6.07, 6.45) is 1.55. The number of anilines is 2. The van der Waals surface area contributed by atoms with Crippen LogP contribution < -0.4 is 15.0 Å². The fourth-order valence-corrected chi connectivity index (χ4v) is 2.85. The maximum absolute atomic E-state index is 12.8. The van der Waals surface area contributed by atoms with E-state index in [9.17, 15) is 9.59 Å². The Labute approximate surface area is 151 Å². The summed E-state index contributed by atoms with van der Waals surface area (Å²) >= 11 is 0. The molecule has 3 rings (SSSR count). The average Bonchev–Trinajstić information content (AvgIpc) is 3.11. The number of aromatic nitrogens is 3. The predicted octanol–water partition coefficient (Wildman–Crippen LogP) is 1.58.